The predicted octanol–water partition coefficient (Wildman–Crippen LogP) is 2.34. The van der Waals surface area contributed by atoms with Gasteiger partial charge in [0.05, 0.1) is 4.75 Å². The molecular weight excluding hydrogens is 182 g/mol. The zero-order valence-corrected chi connectivity index (χ0v) is 9.49. The number of hydrogen-bond acceptors (Lipinski definition) is 2. The summed E-state index contributed by atoms with van der Waals surface area (Å²) in [5, 5.41) is 0. The van der Waals surface area contributed by atoms with Gasteiger partial charge in [0.25, 0.3) is 0 Å². The van der Waals surface area contributed by atoms with Crippen molar-refractivity contribution in [2.24, 2.45) is 5.73 Å². The first-order chi connectivity index (χ1) is 6.13. The van der Waals surface area contributed by atoms with Crippen molar-refractivity contribution in [3.63, 3.8) is 0 Å². The molecule has 0 aliphatic rings. The Kier molecular flexibility index (Phi) is 5.88. The third kappa shape index (κ3) is 3.43. The summed E-state index contributed by atoms with van der Waals surface area (Å²) in [6.07, 6.45) is 5.65. The normalized spacial score (nSPS) is 12.2. The van der Waals surface area contributed by atoms with Gasteiger partial charge in [-0.25, -0.2) is 0 Å². The van der Waals surface area contributed by atoms with Crippen LogP contribution in [0.3, 0.4) is 0 Å². The second kappa shape index (κ2) is 6.08. The Labute approximate surface area is 85.0 Å². The highest BCUT2D eigenvalue weighted by Gasteiger charge is 2.32. The molecule has 0 fully saturated rings. The molecule has 0 aromatic carbocycles. The van der Waals surface area contributed by atoms with Crippen LogP contribution in [0.1, 0.15) is 33.6 Å². The van der Waals surface area contributed by atoms with E-state index < -0.39 is 0 Å². The van der Waals surface area contributed by atoms with Crippen molar-refractivity contribution in [3.8, 4) is 0 Å². The summed E-state index contributed by atoms with van der Waals surface area (Å²) < 4.78 is -0.362. The number of rotatable bonds is 6. The molecule has 2 nitrogen and oxygen atoms in total. The van der Waals surface area contributed by atoms with Crippen molar-refractivity contribution < 1.29 is 4.79 Å². The molecular formula is C10H19NOS. The van der Waals surface area contributed by atoms with E-state index in [-0.39, 0.29) is 10.7 Å². The Morgan fingerprint density at radius 3 is 2.31 bits per heavy atom. The first-order valence-electron chi connectivity index (χ1n) is 4.68. The zero-order chi connectivity index (χ0) is 10.3. The minimum Gasteiger partial charge on any atom is -0.368 e. The van der Waals surface area contributed by atoms with Crippen molar-refractivity contribution in [2.45, 2.75) is 38.4 Å². The van der Waals surface area contributed by atoms with E-state index in [0.717, 1.165) is 18.6 Å². The molecule has 1 amide bonds. The Balaban J connectivity index is 4.30. The van der Waals surface area contributed by atoms with Crippen molar-refractivity contribution in [1.82, 2.24) is 0 Å². The van der Waals surface area contributed by atoms with Gasteiger partial charge in [-0.3, -0.25) is 4.79 Å². The number of thioether (sulfide) groups is 1. The molecule has 13 heavy (non-hydrogen) atoms. The van der Waals surface area contributed by atoms with Gasteiger partial charge in [-0.2, -0.15) is 0 Å². The number of carbonyl (C=O) groups excluding carboxylic acids is 1. The molecule has 0 aliphatic carbocycles. The predicted molar refractivity (Wildman–Crippen MR) is 59.8 cm³/mol. The second-order valence-electron chi connectivity index (χ2n) is 2.95. The fraction of sp³-hybridized carbons (Fsp3) is 0.700. The molecule has 3 heteroatoms. The Morgan fingerprint density at radius 2 is 2.00 bits per heavy atom. The topological polar surface area (TPSA) is 43.1 Å². The molecule has 0 heterocycles. The number of amides is 1. The maximum atomic E-state index is 11.3. The first-order valence-corrected chi connectivity index (χ1v) is 5.66. The maximum absolute atomic E-state index is 11.3. The van der Waals surface area contributed by atoms with Crippen LogP contribution in [0.15, 0.2) is 12.2 Å². The SMILES string of the molecule is CC=CCSC(CC)(CC)C(N)=O. The van der Waals surface area contributed by atoms with Gasteiger partial charge in [0.15, 0.2) is 0 Å². The van der Waals surface area contributed by atoms with Gasteiger partial charge in [0, 0.05) is 5.75 Å². The van der Waals surface area contributed by atoms with Crippen molar-refractivity contribution in [3.05, 3.63) is 12.2 Å². The van der Waals surface area contributed by atoms with Crippen LogP contribution in [-0.2, 0) is 4.79 Å². The Morgan fingerprint density at radius 1 is 1.46 bits per heavy atom. The molecule has 0 saturated heterocycles. The number of primary amides is 1. The number of nitrogens with two attached hydrogens (primary N) is 1. The molecule has 0 saturated carbocycles. The first kappa shape index (κ1) is 12.6. The lowest BCUT2D eigenvalue weighted by Crippen LogP contribution is -2.39. The van der Waals surface area contributed by atoms with Gasteiger partial charge >= 0.3 is 0 Å². The minimum atomic E-state index is -0.362. The van der Waals surface area contributed by atoms with E-state index >= 15 is 0 Å². The van der Waals surface area contributed by atoms with Crippen LogP contribution in [0.4, 0.5) is 0 Å². The fourth-order valence-electron chi connectivity index (χ4n) is 1.18. The highest BCUT2D eigenvalue weighted by Crippen LogP contribution is 2.32. The molecule has 0 spiro atoms. The van der Waals surface area contributed by atoms with Crippen LogP contribution in [0.2, 0.25) is 0 Å². The lowest BCUT2D eigenvalue weighted by molar-refractivity contribution is -0.120. The lowest BCUT2D eigenvalue weighted by atomic mass is 10.0. The molecule has 0 aromatic rings. The van der Waals surface area contributed by atoms with Crippen LogP contribution in [0.5, 0.6) is 0 Å². The van der Waals surface area contributed by atoms with E-state index in [1.54, 1.807) is 11.8 Å². The monoisotopic (exact) mass is 201 g/mol. The highest BCUT2D eigenvalue weighted by molar-refractivity contribution is 8.01. The van der Waals surface area contributed by atoms with Gasteiger partial charge in [-0.15, -0.1) is 11.8 Å². The molecule has 0 radical (unpaired) electrons. The van der Waals surface area contributed by atoms with Crippen molar-refractivity contribution in [1.29, 1.82) is 0 Å². The molecule has 2 N–H and O–H groups in total. The van der Waals surface area contributed by atoms with E-state index in [9.17, 15) is 4.79 Å². The number of carbonyl (C=O) groups is 1. The van der Waals surface area contributed by atoms with Crippen molar-refractivity contribution >= 4 is 17.7 Å². The Bertz CT molecular complexity index is 185. The highest BCUT2D eigenvalue weighted by atomic mass is 32.2. The third-order valence-corrected chi connectivity index (χ3v) is 3.97. The van der Waals surface area contributed by atoms with E-state index in [1.165, 1.54) is 0 Å². The summed E-state index contributed by atoms with van der Waals surface area (Å²) in [6.45, 7) is 6.00. The van der Waals surface area contributed by atoms with Crippen LogP contribution >= 0.6 is 11.8 Å². The molecule has 0 unspecified atom stereocenters. The summed E-state index contributed by atoms with van der Waals surface area (Å²) in [4.78, 5) is 11.3. The molecule has 0 bridgehead atoms. The van der Waals surface area contributed by atoms with Crippen LogP contribution in [0.25, 0.3) is 0 Å². The van der Waals surface area contributed by atoms with Crippen LogP contribution in [-0.4, -0.2) is 16.4 Å². The number of allylic oxidation sites excluding steroid dienone is 1. The lowest BCUT2D eigenvalue weighted by Gasteiger charge is -2.26. The fourth-order valence-corrected chi connectivity index (χ4v) is 2.34. The van der Waals surface area contributed by atoms with Crippen LogP contribution < -0.4 is 5.73 Å². The Hall–Kier alpha value is -0.440. The average molecular weight is 201 g/mol. The van der Waals surface area contributed by atoms with Gasteiger partial charge < -0.3 is 5.73 Å². The van der Waals surface area contributed by atoms with Gasteiger partial charge in [0.1, 0.15) is 0 Å². The standard InChI is InChI=1S/C10H19NOS/c1-4-7-8-13-10(5-2,6-3)9(11)12/h4,7H,5-6,8H2,1-3H3,(H2,11,12). The third-order valence-electron chi connectivity index (χ3n) is 2.28. The smallest absolute Gasteiger partial charge is 0.233 e. The zero-order valence-electron chi connectivity index (χ0n) is 8.67. The van der Waals surface area contributed by atoms with Crippen LogP contribution in [0, 0.1) is 0 Å². The molecule has 0 aliphatic heterocycles. The summed E-state index contributed by atoms with van der Waals surface area (Å²) >= 11 is 1.64. The van der Waals surface area contributed by atoms with E-state index in [2.05, 4.69) is 0 Å². The maximum Gasteiger partial charge on any atom is 0.233 e. The summed E-state index contributed by atoms with van der Waals surface area (Å²) in [5.74, 6) is 0.674. The average Bonchev–Trinajstić information content (AvgIpc) is 2.13. The summed E-state index contributed by atoms with van der Waals surface area (Å²) in [5.41, 5.74) is 5.39. The van der Waals surface area contributed by atoms with Gasteiger partial charge in [-0.1, -0.05) is 26.0 Å². The summed E-state index contributed by atoms with van der Waals surface area (Å²) in [6, 6.07) is 0. The quantitative estimate of drug-likeness (QED) is 0.670. The minimum absolute atomic E-state index is 0.188. The van der Waals surface area contributed by atoms with Gasteiger partial charge in [0.2, 0.25) is 5.91 Å². The number of hydrogen-bond donors (Lipinski definition) is 1. The van der Waals surface area contributed by atoms with Crippen molar-refractivity contribution in [2.75, 3.05) is 5.75 Å². The van der Waals surface area contributed by atoms with E-state index in [1.807, 2.05) is 32.9 Å². The van der Waals surface area contributed by atoms with Gasteiger partial charge in [-0.05, 0) is 19.8 Å². The molecule has 76 valence electrons. The molecule has 0 atom stereocenters. The second-order valence-corrected chi connectivity index (χ2v) is 4.35. The van der Waals surface area contributed by atoms with E-state index in [4.69, 9.17) is 5.73 Å². The largest absolute Gasteiger partial charge is 0.368 e. The molecule has 0 aromatic heterocycles. The summed E-state index contributed by atoms with van der Waals surface area (Å²) in [7, 11) is 0. The van der Waals surface area contributed by atoms with E-state index in [0.29, 0.717) is 0 Å². The molecule has 0 rings (SSSR count).